The van der Waals surface area contributed by atoms with Gasteiger partial charge in [-0.15, -0.1) is 0 Å². The number of phosphoric acid groups is 1. The lowest BCUT2D eigenvalue weighted by Gasteiger charge is -2.36. The summed E-state index contributed by atoms with van der Waals surface area (Å²) in [6, 6.07) is 0. The number of imidazole rings is 3. The van der Waals surface area contributed by atoms with Crippen molar-refractivity contribution in [3.8, 4) is 0 Å². The van der Waals surface area contributed by atoms with Gasteiger partial charge < -0.3 is 19.2 Å². The van der Waals surface area contributed by atoms with E-state index in [0.29, 0.717) is 0 Å². The molecule has 0 saturated heterocycles. The maximum atomic E-state index is 8.55. The second-order valence-electron chi connectivity index (χ2n) is 5.42. The fourth-order valence-electron chi connectivity index (χ4n) is 1.45. The number of nitrogens with one attached hydrogen (secondary N) is 3. The topological polar surface area (TPSA) is 145 Å². The van der Waals surface area contributed by atoms with Gasteiger partial charge in [0.1, 0.15) is 37.2 Å². The molecule has 0 aromatic carbocycles. The molecule has 146 valence electrons. The molecule has 3 aromatic rings. The fourth-order valence-corrected chi connectivity index (χ4v) is 1.45. The van der Waals surface area contributed by atoms with Crippen molar-refractivity contribution >= 4 is 7.82 Å². The fraction of sp³-hybridized carbons (Fsp3) is 0.400. The summed E-state index contributed by atoms with van der Waals surface area (Å²) in [6.07, 6.45) is 11.7. The molecule has 26 heavy (non-hydrogen) atoms. The molecule has 0 fully saturated rings. The molecule has 0 radical (unpaired) electrons. The van der Waals surface area contributed by atoms with Gasteiger partial charge in [-0.3, -0.25) is 0 Å². The maximum Gasteiger partial charge on any atom is 0.250 e. The van der Waals surface area contributed by atoms with Crippen LogP contribution in [-0.4, -0.2) is 15.0 Å². The van der Waals surface area contributed by atoms with Crippen LogP contribution in [0.1, 0.15) is 17.5 Å². The van der Waals surface area contributed by atoms with Crippen LogP contribution in [0.2, 0.25) is 0 Å². The number of hydrogen-bond donors (Lipinski definition) is 3. The van der Waals surface area contributed by atoms with Crippen molar-refractivity contribution in [2.45, 2.75) is 20.8 Å². The zero-order valence-electron chi connectivity index (χ0n) is 15.9. The molecule has 11 heteroatoms. The number of nitrogens with zero attached hydrogens (tertiary/aromatic N) is 3. The molecule has 3 aromatic heterocycles. The van der Waals surface area contributed by atoms with Gasteiger partial charge in [-0.2, -0.15) is 7.82 Å². The Labute approximate surface area is 153 Å². The van der Waals surface area contributed by atoms with Gasteiger partial charge in [0, 0.05) is 20.8 Å². The molecule has 0 spiro atoms. The van der Waals surface area contributed by atoms with Crippen LogP contribution < -0.4 is 28.4 Å². The average molecular weight is 386 g/mol. The zero-order chi connectivity index (χ0) is 20.3. The number of hydrogen-bond acceptors (Lipinski definition) is 4. The summed E-state index contributed by atoms with van der Waals surface area (Å²) in [6.45, 7) is 6.08. The second kappa shape index (κ2) is 11.4. The summed E-state index contributed by atoms with van der Waals surface area (Å²) >= 11 is 0. The van der Waals surface area contributed by atoms with Gasteiger partial charge in [-0.25, -0.2) is 28.7 Å². The summed E-state index contributed by atoms with van der Waals surface area (Å²) in [7, 11) is 0.628. The maximum absolute atomic E-state index is 8.55. The molecule has 0 aliphatic rings. The smallest absolute Gasteiger partial charge is 0.250 e. The molecule has 0 bridgehead atoms. The summed E-state index contributed by atoms with van der Waals surface area (Å²) in [5.41, 5.74) is 0. The Balaban J connectivity index is 0.000000324. The van der Waals surface area contributed by atoms with E-state index in [1.807, 2.05) is 92.8 Å². The van der Waals surface area contributed by atoms with E-state index in [0.717, 1.165) is 0 Å². The quantitative estimate of drug-likeness (QED) is 0.292. The van der Waals surface area contributed by atoms with Crippen molar-refractivity contribution < 1.29 is 32.9 Å². The Hall–Kier alpha value is -2.26. The van der Waals surface area contributed by atoms with Crippen LogP contribution >= 0.6 is 7.82 Å². The Bertz CT molecular complexity index is 656. The highest BCUT2D eigenvalue weighted by Gasteiger charge is 1.94. The molecule has 0 aliphatic heterocycles. The molecular formula is C15H27N6O4P. The minimum Gasteiger partial charge on any atom is -0.822 e. The van der Waals surface area contributed by atoms with Crippen molar-refractivity contribution in [1.29, 1.82) is 0 Å². The monoisotopic (exact) mass is 386 g/mol. The standard InChI is InChI=1S/3C5H8N2.H3O4P/c3*1-5-6-3-4-7(5)2;1-5(2,3)4/h3*3-4H,1-2H3;(H3,1,2,3,4). The van der Waals surface area contributed by atoms with Gasteiger partial charge >= 0.3 is 0 Å². The van der Waals surface area contributed by atoms with Crippen LogP contribution in [0.4, 0.5) is 0 Å². The molecule has 3 N–H and O–H groups in total. The lowest BCUT2D eigenvalue weighted by atomic mass is 10.7. The molecule has 10 nitrogen and oxygen atoms in total. The third-order valence-electron chi connectivity index (χ3n) is 3.36. The lowest BCUT2D eigenvalue weighted by molar-refractivity contribution is -0.676. The van der Waals surface area contributed by atoms with Crippen molar-refractivity contribution in [3.05, 3.63) is 54.7 Å². The van der Waals surface area contributed by atoms with E-state index in [4.69, 9.17) is 19.2 Å². The summed E-state index contributed by atoms with van der Waals surface area (Å²) in [4.78, 5) is 34.7. The van der Waals surface area contributed by atoms with Gasteiger partial charge in [-0.05, 0) is 0 Å². The van der Waals surface area contributed by atoms with Crippen molar-refractivity contribution in [2.24, 2.45) is 21.1 Å². The summed E-state index contributed by atoms with van der Waals surface area (Å²) in [5.74, 6) is 3.54. The Morgan fingerprint density at radius 2 is 0.885 bits per heavy atom. The highest BCUT2D eigenvalue weighted by Crippen LogP contribution is 2.03. The molecule has 3 heterocycles. The first kappa shape index (κ1) is 23.7. The van der Waals surface area contributed by atoms with Crippen LogP contribution in [0.5, 0.6) is 0 Å². The predicted molar refractivity (Wildman–Crippen MR) is 87.7 cm³/mol. The van der Waals surface area contributed by atoms with Crippen molar-refractivity contribution in [3.63, 3.8) is 0 Å². The first-order valence-electron chi connectivity index (χ1n) is 7.63. The van der Waals surface area contributed by atoms with Crippen LogP contribution in [0.25, 0.3) is 0 Å². The normalized spacial score (nSPS) is 9.88. The largest absolute Gasteiger partial charge is 0.822 e. The first-order chi connectivity index (χ1) is 11.9. The average Bonchev–Trinajstić information content (AvgIpc) is 3.18. The van der Waals surface area contributed by atoms with E-state index < -0.39 is 7.82 Å². The van der Waals surface area contributed by atoms with Crippen LogP contribution in [0.3, 0.4) is 0 Å². The minimum absolute atomic E-state index is 1.18. The second-order valence-corrected chi connectivity index (χ2v) is 6.31. The van der Waals surface area contributed by atoms with Crippen molar-refractivity contribution in [2.75, 3.05) is 0 Å². The lowest BCUT2D eigenvalue weighted by Crippen LogP contribution is -2.27. The summed E-state index contributed by atoms with van der Waals surface area (Å²) < 4.78 is 14.6. The summed E-state index contributed by atoms with van der Waals surface area (Å²) in [5, 5.41) is 0. The molecule has 0 amide bonds. The molecule has 3 rings (SSSR count). The number of aryl methyl sites for hydroxylation is 6. The molecule has 0 saturated carbocycles. The Kier molecular flexibility index (Phi) is 10.4. The minimum atomic E-state index is -5.39. The van der Waals surface area contributed by atoms with Gasteiger partial charge in [0.15, 0.2) is 0 Å². The Morgan fingerprint density at radius 1 is 0.692 bits per heavy atom. The molecular weight excluding hydrogens is 359 g/mol. The Morgan fingerprint density at radius 3 is 0.923 bits per heavy atom. The van der Waals surface area contributed by atoms with Gasteiger partial charge in [0.05, 0.1) is 21.1 Å². The molecule has 0 unspecified atom stereocenters. The SMILES string of the molecule is Cc1[nH]cc[n+]1C.Cc1[nH]cc[n+]1C.Cc1[nH]cc[n+]1C.O=P([O-])([O-])[O-]. The molecule has 0 aliphatic carbocycles. The zero-order valence-corrected chi connectivity index (χ0v) is 16.8. The van der Waals surface area contributed by atoms with Crippen LogP contribution in [0, 0.1) is 20.8 Å². The van der Waals surface area contributed by atoms with Crippen LogP contribution in [-0.2, 0) is 25.7 Å². The number of aromatic nitrogens is 6. The predicted octanol–water partition coefficient (Wildman–Crippen LogP) is -2.38. The highest BCUT2D eigenvalue weighted by molar-refractivity contribution is 7.40. The van der Waals surface area contributed by atoms with E-state index in [-0.39, 0.29) is 0 Å². The molecule has 0 atom stereocenters. The van der Waals surface area contributed by atoms with Gasteiger partial charge in [-0.1, -0.05) is 0 Å². The third-order valence-corrected chi connectivity index (χ3v) is 3.36. The number of aromatic amines is 3. The van der Waals surface area contributed by atoms with Gasteiger partial charge in [0.2, 0.25) is 0 Å². The van der Waals surface area contributed by atoms with E-state index in [9.17, 15) is 0 Å². The van der Waals surface area contributed by atoms with E-state index in [2.05, 4.69) is 15.0 Å². The third kappa shape index (κ3) is 12.2. The number of rotatable bonds is 0. The first-order valence-corrected chi connectivity index (χ1v) is 9.09. The van der Waals surface area contributed by atoms with E-state index in [1.165, 1.54) is 17.5 Å². The van der Waals surface area contributed by atoms with Crippen LogP contribution in [0.15, 0.2) is 37.2 Å². The highest BCUT2D eigenvalue weighted by atomic mass is 31.2. The van der Waals surface area contributed by atoms with E-state index in [1.54, 1.807) is 0 Å². The van der Waals surface area contributed by atoms with E-state index >= 15 is 0 Å². The number of H-pyrrole nitrogens is 3. The van der Waals surface area contributed by atoms with Gasteiger partial charge in [0.25, 0.3) is 17.5 Å². The van der Waals surface area contributed by atoms with Crippen molar-refractivity contribution in [1.82, 2.24) is 15.0 Å².